The Labute approximate surface area is 115 Å². The first-order chi connectivity index (χ1) is 8.70. The lowest BCUT2D eigenvalue weighted by Crippen LogP contribution is -2.19. The summed E-state index contributed by atoms with van der Waals surface area (Å²) < 4.78 is 15.7. The summed E-state index contributed by atoms with van der Waals surface area (Å²) in [5.74, 6) is 1.07. The average molecular weight is 287 g/mol. The van der Waals surface area contributed by atoms with Crippen LogP contribution in [0.2, 0.25) is 5.02 Å². The standard InChI is InChI=1S/C13H13Cl2FN2/c14-5-4-13-17-11-6-9(15)10(16)7-12(11)18(13)8-2-1-3-8/h6-8H,1-5H2. The highest BCUT2D eigenvalue weighted by molar-refractivity contribution is 6.31. The van der Waals surface area contributed by atoms with Crippen LogP contribution in [0.3, 0.4) is 0 Å². The summed E-state index contributed by atoms with van der Waals surface area (Å²) in [5, 5.41) is 0.123. The van der Waals surface area contributed by atoms with Gasteiger partial charge in [0.15, 0.2) is 0 Å². The van der Waals surface area contributed by atoms with E-state index in [2.05, 4.69) is 9.55 Å². The minimum absolute atomic E-state index is 0.123. The number of aryl methyl sites for hydroxylation is 1. The zero-order chi connectivity index (χ0) is 12.7. The largest absolute Gasteiger partial charge is 0.325 e. The number of fused-ring (bicyclic) bond motifs is 1. The van der Waals surface area contributed by atoms with Crippen molar-refractivity contribution in [3.63, 3.8) is 0 Å². The molecule has 0 saturated heterocycles. The van der Waals surface area contributed by atoms with Crippen molar-refractivity contribution in [3.8, 4) is 0 Å². The smallest absolute Gasteiger partial charge is 0.144 e. The van der Waals surface area contributed by atoms with Crippen molar-refractivity contribution in [3.05, 3.63) is 28.8 Å². The van der Waals surface area contributed by atoms with Gasteiger partial charge >= 0.3 is 0 Å². The van der Waals surface area contributed by atoms with Crippen LogP contribution < -0.4 is 0 Å². The molecular weight excluding hydrogens is 274 g/mol. The third kappa shape index (κ3) is 1.90. The summed E-state index contributed by atoms with van der Waals surface area (Å²) in [6, 6.07) is 3.52. The van der Waals surface area contributed by atoms with Gasteiger partial charge in [0.2, 0.25) is 0 Å². The van der Waals surface area contributed by atoms with Gasteiger partial charge in [-0.1, -0.05) is 11.6 Å². The van der Waals surface area contributed by atoms with Crippen molar-refractivity contribution in [2.75, 3.05) is 5.88 Å². The number of rotatable bonds is 3. The molecule has 2 nitrogen and oxygen atoms in total. The Bertz CT molecular complexity index is 590. The molecule has 3 rings (SSSR count). The molecule has 1 heterocycles. The molecule has 1 saturated carbocycles. The Morgan fingerprint density at radius 2 is 2.17 bits per heavy atom. The highest BCUT2D eigenvalue weighted by atomic mass is 35.5. The zero-order valence-corrected chi connectivity index (χ0v) is 11.3. The number of nitrogens with zero attached hydrogens (tertiary/aromatic N) is 2. The first kappa shape index (κ1) is 12.2. The molecule has 0 spiro atoms. The van der Waals surface area contributed by atoms with Crippen LogP contribution in [0.15, 0.2) is 12.1 Å². The molecule has 0 atom stereocenters. The molecule has 0 unspecified atom stereocenters. The molecule has 0 aliphatic heterocycles. The number of aromatic nitrogens is 2. The van der Waals surface area contributed by atoms with Crippen LogP contribution >= 0.6 is 23.2 Å². The molecule has 1 aromatic carbocycles. The van der Waals surface area contributed by atoms with E-state index < -0.39 is 0 Å². The Balaban J connectivity index is 2.20. The molecule has 96 valence electrons. The molecule has 1 aliphatic rings. The van der Waals surface area contributed by atoms with Gasteiger partial charge in [0.1, 0.15) is 11.6 Å². The van der Waals surface area contributed by atoms with E-state index in [1.54, 1.807) is 6.07 Å². The fourth-order valence-electron chi connectivity index (χ4n) is 2.45. The van der Waals surface area contributed by atoms with Gasteiger partial charge in [-0.05, 0) is 25.3 Å². The first-order valence-corrected chi connectivity index (χ1v) is 7.04. The third-order valence-corrected chi connectivity index (χ3v) is 4.04. The second-order valence-electron chi connectivity index (χ2n) is 4.68. The molecule has 1 aliphatic carbocycles. The molecule has 0 radical (unpaired) electrons. The summed E-state index contributed by atoms with van der Waals surface area (Å²) in [7, 11) is 0. The van der Waals surface area contributed by atoms with E-state index >= 15 is 0 Å². The van der Waals surface area contributed by atoms with Crippen LogP contribution in [0.25, 0.3) is 11.0 Å². The molecule has 0 bridgehead atoms. The summed E-state index contributed by atoms with van der Waals surface area (Å²) in [5.41, 5.74) is 1.59. The molecule has 2 aromatic rings. The maximum absolute atomic E-state index is 13.6. The molecular formula is C13H13Cl2FN2. The first-order valence-electron chi connectivity index (χ1n) is 6.12. The lowest BCUT2D eigenvalue weighted by atomic mass is 9.92. The number of alkyl halides is 1. The zero-order valence-electron chi connectivity index (χ0n) is 9.80. The second kappa shape index (κ2) is 4.71. The molecule has 1 fully saturated rings. The SMILES string of the molecule is Fc1cc2c(cc1Cl)nc(CCCl)n2C1CCC1. The minimum atomic E-state index is -0.387. The number of hydrogen-bond acceptors (Lipinski definition) is 1. The van der Waals surface area contributed by atoms with Gasteiger partial charge in [0, 0.05) is 24.4 Å². The van der Waals surface area contributed by atoms with E-state index in [4.69, 9.17) is 23.2 Å². The summed E-state index contributed by atoms with van der Waals surface area (Å²) >= 11 is 11.6. The van der Waals surface area contributed by atoms with Crippen molar-refractivity contribution in [1.82, 2.24) is 9.55 Å². The van der Waals surface area contributed by atoms with Crippen LogP contribution in [0.1, 0.15) is 31.1 Å². The number of imidazole rings is 1. The van der Waals surface area contributed by atoms with E-state index in [0.29, 0.717) is 18.3 Å². The molecule has 0 amide bonds. The molecule has 1 aromatic heterocycles. The molecule has 0 N–H and O–H groups in total. The highest BCUT2D eigenvalue weighted by Gasteiger charge is 2.24. The van der Waals surface area contributed by atoms with E-state index in [0.717, 1.165) is 29.7 Å². The Hall–Kier alpha value is -0.800. The van der Waals surface area contributed by atoms with E-state index in [9.17, 15) is 4.39 Å². The summed E-state index contributed by atoms with van der Waals surface area (Å²) in [6.45, 7) is 0. The van der Waals surface area contributed by atoms with Gasteiger partial charge in [-0.3, -0.25) is 0 Å². The Kier molecular flexibility index (Phi) is 3.20. The predicted octanol–water partition coefficient (Wildman–Crippen LogP) is 4.34. The summed E-state index contributed by atoms with van der Waals surface area (Å²) in [4.78, 5) is 4.53. The van der Waals surface area contributed by atoms with Crippen LogP contribution in [-0.4, -0.2) is 15.4 Å². The number of hydrogen-bond donors (Lipinski definition) is 0. The van der Waals surface area contributed by atoms with Crippen LogP contribution in [-0.2, 0) is 6.42 Å². The van der Waals surface area contributed by atoms with Crippen molar-refractivity contribution in [2.24, 2.45) is 0 Å². The lowest BCUT2D eigenvalue weighted by molar-refractivity contribution is 0.313. The highest BCUT2D eigenvalue weighted by Crippen LogP contribution is 2.36. The van der Waals surface area contributed by atoms with Gasteiger partial charge in [-0.25, -0.2) is 9.37 Å². The van der Waals surface area contributed by atoms with Gasteiger partial charge in [-0.15, -0.1) is 11.6 Å². The maximum Gasteiger partial charge on any atom is 0.144 e. The number of benzene rings is 1. The molecule has 5 heteroatoms. The van der Waals surface area contributed by atoms with Crippen LogP contribution in [0.4, 0.5) is 4.39 Å². The van der Waals surface area contributed by atoms with Crippen molar-refractivity contribution >= 4 is 34.2 Å². The summed E-state index contributed by atoms with van der Waals surface area (Å²) in [6.07, 6.45) is 4.18. The topological polar surface area (TPSA) is 17.8 Å². The van der Waals surface area contributed by atoms with Gasteiger partial charge in [0.05, 0.1) is 16.1 Å². The number of halogens is 3. The van der Waals surface area contributed by atoms with Gasteiger partial charge in [0.25, 0.3) is 0 Å². The van der Waals surface area contributed by atoms with Gasteiger partial charge in [-0.2, -0.15) is 0 Å². The van der Waals surface area contributed by atoms with Crippen molar-refractivity contribution in [2.45, 2.75) is 31.7 Å². The fraction of sp³-hybridized carbons (Fsp3) is 0.462. The average Bonchev–Trinajstić information content (AvgIpc) is 2.57. The van der Waals surface area contributed by atoms with Crippen molar-refractivity contribution < 1.29 is 4.39 Å². The van der Waals surface area contributed by atoms with E-state index in [1.807, 2.05) is 0 Å². The van der Waals surface area contributed by atoms with E-state index in [-0.39, 0.29) is 10.8 Å². The predicted molar refractivity (Wildman–Crippen MR) is 72.0 cm³/mol. The van der Waals surface area contributed by atoms with E-state index in [1.165, 1.54) is 12.5 Å². The quantitative estimate of drug-likeness (QED) is 0.768. The van der Waals surface area contributed by atoms with Crippen LogP contribution in [0.5, 0.6) is 0 Å². The normalized spacial score (nSPS) is 16.2. The van der Waals surface area contributed by atoms with Crippen molar-refractivity contribution in [1.29, 1.82) is 0 Å². The van der Waals surface area contributed by atoms with Crippen LogP contribution in [0, 0.1) is 5.82 Å². The fourth-order valence-corrected chi connectivity index (χ4v) is 2.78. The third-order valence-electron chi connectivity index (χ3n) is 3.56. The monoisotopic (exact) mass is 286 g/mol. The second-order valence-corrected chi connectivity index (χ2v) is 5.46. The minimum Gasteiger partial charge on any atom is -0.325 e. The Morgan fingerprint density at radius 1 is 1.39 bits per heavy atom. The maximum atomic E-state index is 13.6. The Morgan fingerprint density at radius 3 is 2.78 bits per heavy atom. The molecule has 18 heavy (non-hydrogen) atoms. The lowest BCUT2D eigenvalue weighted by Gasteiger charge is -2.29. The van der Waals surface area contributed by atoms with Gasteiger partial charge < -0.3 is 4.57 Å².